The smallest absolute Gasteiger partial charge is 0.0249 e. The maximum absolute atomic E-state index is 6.92. The molecule has 2 N–H and O–H groups in total. The minimum Gasteiger partial charge on any atom is -0.324 e. The Bertz CT molecular complexity index is 353. The molecule has 0 aliphatic heterocycles. The second-order valence-electron chi connectivity index (χ2n) is 5.77. The summed E-state index contributed by atoms with van der Waals surface area (Å²) in [7, 11) is 0. The summed E-state index contributed by atoms with van der Waals surface area (Å²) in [5, 5.41) is 0. The van der Waals surface area contributed by atoms with Gasteiger partial charge in [-0.25, -0.2) is 0 Å². The van der Waals surface area contributed by atoms with Crippen molar-refractivity contribution in [2.45, 2.75) is 77.2 Å². The van der Waals surface area contributed by atoms with Gasteiger partial charge in [0.2, 0.25) is 0 Å². The lowest BCUT2D eigenvalue weighted by atomic mass is 9.59. The van der Waals surface area contributed by atoms with E-state index in [4.69, 9.17) is 5.73 Å². The molecule has 19 heavy (non-hydrogen) atoms. The number of benzene rings is 1. The van der Waals surface area contributed by atoms with E-state index in [0.717, 1.165) is 25.7 Å². The highest BCUT2D eigenvalue weighted by atomic mass is 14.8. The maximum Gasteiger partial charge on any atom is 0.0249 e. The van der Waals surface area contributed by atoms with Crippen LogP contribution in [0, 0.1) is 0 Å². The molecule has 1 unspecified atom stereocenters. The highest BCUT2D eigenvalue weighted by Gasteiger charge is 2.45. The van der Waals surface area contributed by atoms with Crippen LogP contribution in [0.4, 0.5) is 0 Å². The number of nitrogens with two attached hydrogens (primary N) is 1. The van der Waals surface area contributed by atoms with Crippen LogP contribution >= 0.6 is 0 Å². The molecule has 108 valence electrons. The van der Waals surface area contributed by atoms with E-state index in [1.807, 2.05) is 0 Å². The third-order valence-corrected chi connectivity index (χ3v) is 5.09. The summed E-state index contributed by atoms with van der Waals surface area (Å²) in [5.41, 5.74) is 8.35. The van der Waals surface area contributed by atoms with Crippen molar-refractivity contribution in [1.82, 2.24) is 0 Å². The van der Waals surface area contributed by atoms with E-state index in [2.05, 4.69) is 58.0 Å². The third kappa shape index (κ3) is 3.02. The summed E-state index contributed by atoms with van der Waals surface area (Å²) in [5.74, 6) is 0. The van der Waals surface area contributed by atoms with Gasteiger partial charge in [-0.05, 0) is 31.2 Å². The Labute approximate surface area is 119 Å². The lowest BCUT2D eigenvalue weighted by Crippen LogP contribution is -2.57. The molecular weight excluding hydrogens is 230 g/mol. The van der Waals surface area contributed by atoms with Crippen LogP contribution in [0.1, 0.15) is 71.8 Å². The predicted octanol–water partition coefficient (Wildman–Crippen LogP) is 5.04. The first-order valence-electron chi connectivity index (χ1n) is 7.94. The summed E-state index contributed by atoms with van der Waals surface area (Å²) in [6.07, 6.45) is 6.83. The molecule has 0 aliphatic carbocycles. The van der Waals surface area contributed by atoms with Gasteiger partial charge in [-0.3, -0.25) is 0 Å². The topological polar surface area (TPSA) is 26.0 Å². The summed E-state index contributed by atoms with van der Waals surface area (Å²) >= 11 is 0. The van der Waals surface area contributed by atoms with E-state index >= 15 is 0 Å². The molecule has 1 atom stereocenters. The van der Waals surface area contributed by atoms with Gasteiger partial charge in [-0.15, -0.1) is 0 Å². The highest BCUT2D eigenvalue weighted by molar-refractivity contribution is 5.30. The van der Waals surface area contributed by atoms with Gasteiger partial charge in [0.05, 0.1) is 0 Å². The zero-order valence-electron chi connectivity index (χ0n) is 13.2. The van der Waals surface area contributed by atoms with Crippen LogP contribution in [0.3, 0.4) is 0 Å². The van der Waals surface area contributed by atoms with Crippen molar-refractivity contribution in [2.75, 3.05) is 0 Å². The number of rotatable bonds is 8. The van der Waals surface area contributed by atoms with Crippen LogP contribution < -0.4 is 5.73 Å². The summed E-state index contributed by atoms with van der Waals surface area (Å²) in [6.45, 7) is 9.08. The van der Waals surface area contributed by atoms with E-state index in [1.165, 1.54) is 18.4 Å². The SMILES string of the molecule is CCCCC(N)(CC)C(CC)(CC)c1ccccc1. The number of hydrogen-bond acceptors (Lipinski definition) is 1. The minimum atomic E-state index is -0.0894. The molecule has 1 rings (SSSR count). The maximum atomic E-state index is 6.92. The largest absolute Gasteiger partial charge is 0.324 e. The fourth-order valence-corrected chi connectivity index (χ4v) is 3.65. The van der Waals surface area contributed by atoms with Crippen LogP contribution in [-0.4, -0.2) is 5.54 Å². The van der Waals surface area contributed by atoms with E-state index in [1.54, 1.807) is 0 Å². The average molecular weight is 261 g/mol. The van der Waals surface area contributed by atoms with Crippen molar-refractivity contribution < 1.29 is 0 Å². The lowest BCUT2D eigenvalue weighted by molar-refractivity contribution is 0.173. The standard InChI is InChI=1S/C18H31N/c1-5-9-15-18(19,8-4)17(6-2,7-3)16-13-11-10-12-14-16/h10-14H,5-9,15,19H2,1-4H3. The molecule has 1 heteroatoms. The first kappa shape index (κ1) is 16.2. The Balaban J connectivity index is 3.23. The fourth-order valence-electron chi connectivity index (χ4n) is 3.65. The molecule has 0 spiro atoms. The number of unbranched alkanes of at least 4 members (excludes halogenated alkanes) is 1. The molecule has 0 aromatic heterocycles. The first-order chi connectivity index (χ1) is 9.10. The van der Waals surface area contributed by atoms with Gasteiger partial charge in [-0.2, -0.15) is 0 Å². The molecule has 1 aromatic rings. The summed E-state index contributed by atoms with van der Waals surface area (Å²) in [4.78, 5) is 0. The van der Waals surface area contributed by atoms with Crippen LogP contribution in [-0.2, 0) is 5.41 Å². The van der Waals surface area contributed by atoms with Crippen molar-refractivity contribution in [3.8, 4) is 0 Å². The molecular formula is C18H31N. The van der Waals surface area contributed by atoms with Crippen LogP contribution in [0.25, 0.3) is 0 Å². The molecule has 1 nitrogen and oxygen atoms in total. The van der Waals surface area contributed by atoms with Gasteiger partial charge in [0.1, 0.15) is 0 Å². The molecule has 0 aliphatic rings. The van der Waals surface area contributed by atoms with Crippen LogP contribution in [0.5, 0.6) is 0 Å². The Morgan fingerprint density at radius 1 is 0.895 bits per heavy atom. The average Bonchev–Trinajstić information content (AvgIpc) is 2.48. The molecule has 0 saturated carbocycles. The Kier molecular flexibility index (Phi) is 6.06. The van der Waals surface area contributed by atoms with Crippen molar-refractivity contribution in [3.63, 3.8) is 0 Å². The normalized spacial score (nSPS) is 15.2. The van der Waals surface area contributed by atoms with E-state index < -0.39 is 0 Å². The van der Waals surface area contributed by atoms with Gasteiger partial charge in [0, 0.05) is 11.0 Å². The Morgan fingerprint density at radius 2 is 1.47 bits per heavy atom. The third-order valence-electron chi connectivity index (χ3n) is 5.09. The van der Waals surface area contributed by atoms with Crippen molar-refractivity contribution in [3.05, 3.63) is 35.9 Å². The molecule has 0 radical (unpaired) electrons. The van der Waals surface area contributed by atoms with Crippen molar-refractivity contribution in [1.29, 1.82) is 0 Å². The summed E-state index contributed by atoms with van der Waals surface area (Å²) in [6, 6.07) is 10.9. The van der Waals surface area contributed by atoms with Gasteiger partial charge in [-0.1, -0.05) is 70.9 Å². The lowest BCUT2D eigenvalue weighted by Gasteiger charge is -2.49. The molecule has 0 amide bonds. The second-order valence-corrected chi connectivity index (χ2v) is 5.77. The molecule has 0 bridgehead atoms. The fraction of sp³-hybridized carbons (Fsp3) is 0.667. The van der Waals surface area contributed by atoms with E-state index in [-0.39, 0.29) is 11.0 Å². The summed E-state index contributed by atoms with van der Waals surface area (Å²) < 4.78 is 0. The molecule has 0 heterocycles. The van der Waals surface area contributed by atoms with Crippen molar-refractivity contribution in [2.24, 2.45) is 5.73 Å². The van der Waals surface area contributed by atoms with Crippen LogP contribution in [0.15, 0.2) is 30.3 Å². The van der Waals surface area contributed by atoms with Crippen LogP contribution in [0.2, 0.25) is 0 Å². The van der Waals surface area contributed by atoms with Gasteiger partial charge < -0.3 is 5.73 Å². The monoisotopic (exact) mass is 261 g/mol. The number of hydrogen-bond donors (Lipinski definition) is 1. The molecule has 1 aromatic carbocycles. The second kappa shape index (κ2) is 7.09. The quantitative estimate of drug-likeness (QED) is 0.697. The first-order valence-corrected chi connectivity index (χ1v) is 7.94. The molecule has 0 saturated heterocycles. The highest BCUT2D eigenvalue weighted by Crippen LogP contribution is 2.44. The minimum absolute atomic E-state index is 0.0894. The van der Waals surface area contributed by atoms with Gasteiger partial charge in [0.25, 0.3) is 0 Å². The Hall–Kier alpha value is -0.820. The zero-order chi connectivity index (χ0) is 14.4. The van der Waals surface area contributed by atoms with Gasteiger partial charge >= 0.3 is 0 Å². The molecule has 0 fully saturated rings. The predicted molar refractivity (Wildman–Crippen MR) is 85.4 cm³/mol. The Morgan fingerprint density at radius 3 is 1.89 bits per heavy atom. The zero-order valence-corrected chi connectivity index (χ0v) is 13.2. The van der Waals surface area contributed by atoms with E-state index in [9.17, 15) is 0 Å². The van der Waals surface area contributed by atoms with Gasteiger partial charge in [0.15, 0.2) is 0 Å². The van der Waals surface area contributed by atoms with Crippen molar-refractivity contribution >= 4 is 0 Å². The van der Waals surface area contributed by atoms with E-state index in [0.29, 0.717) is 0 Å².